The van der Waals surface area contributed by atoms with E-state index in [1.807, 2.05) is 29.9 Å². The predicted octanol–water partition coefficient (Wildman–Crippen LogP) is 1.36. The zero-order chi connectivity index (χ0) is 14.8. The standard InChI is InChI=1S/C16H22N4O/c1-3-12-9-13(20(2)19-12)10-14(18-17)16-8-11-6-4-5-7-15(11)21-16/h4-7,9,14,16,18H,3,8,10,17H2,1-2H3. The van der Waals surface area contributed by atoms with Crippen LogP contribution in [0.5, 0.6) is 5.75 Å². The first-order valence-corrected chi connectivity index (χ1v) is 7.43. The molecule has 0 fully saturated rings. The van der Waals surface area contributed by atoms with Crippen molar-refractivity contribution in [3.05, 3.63) is 47.3 Å². The maximum Gasteiger partial charge on any atom is 0.123 e. The van der Waals surface area contributed by atoms with Crippen molar-refractivity contribution in [1.82, 2.24) is 15.2 Å². The van der Waals surface area contributed by atoms with Gasteiger partial charge >= 0.3 is 0 Å². The van der Waals surface area contributed by atoms with Crippen molar-refractivity contribution < 1.29 is 4.74 Å². The number of aromatic nitrogens is 2. The zero-order valence-corrected chi connectivity index (χ0v) is 12.5. The summed E-state index contributed by atoms with van der Waals surface area (Å²) in [7, 11) is 1.98. The Morgan fingerprint density at radius 3 is 2.95 bits per heavy atom. The molecule has 3 rings (SSSR count). The summed E-state index contributed by atoms with van der Waals surface area (Å²) in [6.45, 7) is 2.11. The van der Waals surface area contributed by atoms with Crippen molar-refractivity contribution in [3.63, 3.8) is 0 Å². The molecule has 0 radical (unpaired) electrons. The van der Waals surface area contributed by atoms with Gasteiger partial charge in [0.05, 0.1) is 11.7 Å². The number of benzene rings is 1. The minimum atomic E-state index is 0.0624. The summed E-state index contributed by atoms with van der Waals surface area (Å²) in [5, 5.41) is 4.49. The molecule has 1 aliphatic heterocycles. The smallest absolute Gasteiger partial charge is 0.123 e. The monoisotopic (exact) mass is 286 g/mol. The van der Waals surface area contributed by atoms with E-state index in [1.165, 1.54) is 11.3 Å². The van der Waals surface area contributed by atoms with Crippen LogP contribution in [-0.4, -0.2) is 21.9 Å². The fraction of sp³-hybridized carbons (Fsp3) is 0.438. The predicted molar refractivity (Wildman–Crippen MR) is 82.0 cm³/mol. The van der Waals surface area contributed by atoms with E-state index in [-0.39, 0.29) is 12.1 Å². The molecular formula is C16H22N4O. The lowest BCUT2D eigenvalue weighted by Gasteiger charge is -2.22. The van der Waals surface area contributed by atoms with Gasteiger partial charge in [-0.15, -0.1) is 0 Å². The second-order valence-electron chi connectivity index (χ2n) is 5.55. The summed E-state index contributed by atoms with van der Waals surface area (Å²) in [5.41, 5.74) is 6.45. The topological polar surface area (TPSA) is 65.1 Å². The summed E-state index contributed by atoms with van der Waals surface area (Å²) < 4.78 is 7.97. The van der Waals surface area contributed by atoms with Gasteiger partial charge in [-0.3, -0.25) is 16.0 Å². The Bertz CT molecular complexity index is 597. The number of fused-ring (bicyclic) bond motifs is 1. The minimum Gasteiger partial charge on any atom is -0.488 e. The van der Waals surface area contributed by atoms with Gasteiger partial charge in [0.15, 0.2) is 0 Å². The molecule has 112 valence electrons. The molecule has 0 saturated carbocycles. The quantitative estimate of drug-likeness (QED) is 0.643. The fourth-order valence-electron chi connectivity index (χ4n) is 2.89. The molecule has 2 heterocycles. The third-order valence-corrected chi connectivity index (χ3v) is 4.15. The maximum atomic E-state index is 6.03. The molecule has 0 bridgehead atoms. The van der Waals surface area contributed by atoms with Crippen LogP contribution < -0.4 is 16.0 Å². The van der Waals surface area contributed by atoms with E-state index in [0.717, 1.165) is 30.7 Å². The Labute approximate surface area is 125 Å². The van der Waals surface area contributed by atoms with Crippen LogP contribution >= 0.6 is 0 Å². The number of nitrogens with zero attached hydrogens (tertiary/aromatic N) is 2. The summed E-state index contributed by atoms with van der Waals surface area (Å²) in [4.78, 5) is 0. The van der Waals surface area contributed by atoms with Crippen LogP contribution in [0.1, 0.15) is 23.9 Å². The van der Waals surface area contributed by atoms with Gasteiger partial charge in [-0.05, 0) is 24.1 Å². The average Bonchev–Trinajstić information content (AvgIpc) is 3.07. The number of rotatable bonds is 5. The summed E-state index contributed by atoms with van der Waals surface area (Å²) in [6.07, 6.45) is 2.70. The molecule has 1 aromatic carbocycles. The van der Waals surface area contributed by atoms with Crippen molar-refractivity contribution in [2.24, 2.45) is 12.9 Å². The lowest BCUT2D eigenvalue weighted by atomic mass is 10.0. The molecule has 3 N–H and O–H groups in total. The second-order valence-corrected chi connectivity index (χ2v) is 5.55. The first-order chi connectivity index (χ1) is 10.2. The van der Waals surface area contributed by atoms with Crippen LogP contribution in [0.15, 0.2) is 30.3 Å². The van der Waals surface area contributed by atoms with Gasteiger partial charge in [0.2, 0.25) is 0 Å². The highest BCUT2D eigenvalue weighted by Crippen LogP contribution is 2.30. The fourth-order valence-corrected chi connectivity index (χ4v) is 2.89. The second kappa shape index (κ2) is 5.87. The molecule has 0 aliphatic carbocycles. The Balaban J connectivity index is 1.73. The van der Waals surface area contributed by atoms with Crippen molar-refractivity contribution in [2.45, 2.75) is 38.3 Å². The average molecular weight is 286 g/mol. The maximum absolute atomic E-state index is 6.03. The molecule has 1 aromatic heterocycles. The third-order valence-electron chi connectivity index (χ3n) is 4.15. The van der Waals surface area contributed by atoms with E-state index in [2.05, 4.69) is 29.6 Å². The largest absolute Gasteiger partial charge is 0.488 e. The molecular weight excluding hydrogens is 264 g/mol. The van der Waals surface area contributed by atoms with Crippen molar-refractivity contribution in [2.75, 3.05) is 0 Å². The molecule has 1 aliphatic rings. The SMILES string of the molecule is CCc1cc(CC(NN)C2Cc3ccccc3O2)n(C)n1. The Morgan fingerprint density at radius 1 is 1.48 bits per heavy atom. The van der Waals surface area contributed by atoms with Crippen molar-refractivity contribution in [1.29, 1.82) is 0 Å². The van der Waals surface area contributed by atoms with E-state index < -0.39 is 0 Å². The van der Waals surface area contributed by atoms with Crippen LogP contribution in [0.3, 0.4) is 0 Å². The van der Waals surface area contributed by atoms with Gasteiger partial charge in [0.1, 0.15) is 11.9 Å². The number of hydrogen-bond donors (Lipinski definition) is 2. The van der Waals surface area contributed by atoms with Crippen LogP contribution in [-0.2, 0) is 26.3 Å². The molecule has 2 aromatic rings. The molecule has 0 saturated heterocycles. The van der Waals surface area contributed by atoms with Gasteiger partial charge in [-0.25, -0.2) is 0 Å². The number of aryl methyl sites for hydroxylation is 2. The minimum absolute atomic E-state index is 0.0624. The lowest BCUT2D eigenvalue weighted by molar-refractivity contribution is 0.176. The number of ether oxygens (including phenoxy) is 1. The summed E-state index contributed by atoms with van der Waals surface area (Å²) in [5.74, 6) is 6.74. The number of hydrazine groups is 1. The molecule has 2 atom stereocenters. The van der Waals surface area contributed by atoms with Crippen LogP contribution in [0.25, 0.3) is 0 Å². The van der Waals surface area contributed by atoms with Crippen molar-refractivity contribution >= 4 is 0 Å². The molecule has 21 heavy (non-hydrogen) atoms. The van der Waals surface area contributed by atoms with Crippen LogP contribution in [0.4, 0.5) is 0 Å². The Kier molecular flexibility index (Phi) is 3.94. The molecule has 5 heteroatoms. The Morgan fingerprint density at radius 2 is 2.29 bits per heavy atom. The highest BCUT2D eigenvalue weighted by Gasteiger charge is 2.30. The third kappa shape index (κ3) is 2.80. The summed E-state index contributed by atoms with van der Waals surface area (Å²) >= 11 is 0. The number of para-hydroxylation sites is 1. The summed E-state index contributed by atoms with van der Waals surface area (Å²) in [6, 6.07) is 10.4. The lowest BCUT2D eigenvalue weighted by Crippen LogP contribution is -2.47. The number of hydrogen-bond acceptors (Lipinski definition) is 4. The molecule has 0 amide bonds. The van der Waals surface area contributed by atoms with E-state index in [1.54, 1.807) is 0 Å². The normalized spacial score (nSPS) is 18.3. The molecule has 0 spiro atoms. The van der Waals surface area contributed by atoms with E-state index in [4.69, 9.17) is 10.6 Å². The number of nitrogens with one attached hydrogen (secondary N) is 1. The first-order valence-electron chi connectivity index (χ1n) is 7.43. The highest BCUT2D eigenvalue weighted by atomic mass is 16.5. The molecule has 2 unspecified atom stereocenters. The van der Waals surface area contributed by atoms with Crippen LogP contribution in [0, 0.1) is 0 Å². The van der Waals surface area contributed by atoms with Gasteiger partial charge in [0, 0.05) is 25.6 Å². The van der Waals surface area contributed by atoms with Crippen LogP contribution in [0.2, 0.25) is 0 Å². The van der Waals surface area contributed by atoms with Crippen molar-refractivity contribution in [3.8, 4) is 5.75 Å². The number of nitrogens with two attached hydrogens (primary N) is 1. The van der Waals surface area contributed by atoms with E-state index in [9.17, 15) is 0 Å². The van der Waals surface area contributed by atoms with E-state index in [0.29, 0.717) is 0 Å². The Hall–Kier alpha value is -1.85. The van der Waals surface area contributed by atoms with Gasteiger partial charge in [0.25, 0.3) is 0 Å². The van der Waals surface area contributed by atoms with Gasteiger partial charge < -0.3 is 4.74 Å². The van der Waals surface area contributed by atoms with Gasteiger partial charge in [-0.2, -0.15) is 5.10 Å². The zero-order valence-electron chi connectivity index (χ0n) is 12.5. The molecule has 5 nitrogen and oxygen atoms in total. The first kappa shape index (κ1) is 14.1. The van der Waals surface area contributed by atoms with E-state index >= 15 is 0 Å². The highest BCUT2D eigenvalue weighted by molar-refractivity contribution is 5.37. The van der Waals surface area contributed by atoms with Gasteiger partial charge in [-0.1, -0.05) is 25.1 Å².